The molecule has 0 radical (unpaired) electrons. The number of carbonyl (C=O) groups is 2. The minimum absolute atomic E-state index is 0.0139. The number of benzene rings is 1. The summed E-state index contributed by atoms with van der Waals surface area (Å²) in [5, 5.41) is 0. The van der Waals surface area contributed by atoms with Crippen molar-refractivity contribution in [3.05, 3.63) is 60.1 Å². The quantitative estimate of drug-likeness (QED) is 0.850. The van der Waals surface area contributed by atoms with Gasteiger partial charge in [0.05, 0.1) is 12.3 Å². The van der Waals surface area contributed by atoms with Crippen molar-refractivity contribution in [1.29, 1.82) is 0 Å². The number of carbonyl (C=O) groups excluding carboxylic acids is 2. The van der Waals surface area contributed by atoms with Gasteiger partial charge in [-0.05, 0) is 43.4 Å². The Bertz CT molecular complexity index is 749. The fraction of sp³-hybridized carbons (Fsp3) is 0.429. The topological polar surface area (TPSA) is 53.8 Å². The molecule has 0 bridgehead atoms. The molecule has 26 heavy (non-hydrogen) atoms. The average molecular weight is 352 g/mol. The van der Waals surface area contributed by atoms with Crippen molar-refractivity contribution < 1.29 is 14.0 Å². The van der Waals surface area contributed by atoms with E-state index in [1.807, 2.05) is 18.2 Å². The molecule has 2 aliphatic rings. The van der Waals surface area contributed by atoms with E-state index < -0.39 is 0 Å². The third kappa shape index (κ3) is 3.26. The molecule has 2 fully saturated rings. The first kappa shape index (κ1) is 16.9. The van der Waals surface area contributed by atoms with Gasteiger partial charge < -0.3 is 14.2 Å². The summed E-state index contributed by atoms with van der Waals surface area (Å²) in [6, 6.07) is 13.9. The van der Waals surface area contributed by atoms with Crippen LogP contribution in [-0.2, 0) is 4.79 Å². The fourth-order valence-electron chi connectivity index (χ4n) is 4.17. The second kappa shape index (κ2) is 7.36. The van der Waals surface area contributed by atoms with Crippen molar-refractivity contribution in [2.75, 3.05) is 19.6 Å². The van der Waals surface area contributed by atoms with Crippen molar-refractivity contribution in [1.82, 2.24) is 9.80 Å². The number of piperidine rings is 1. The summed E-state index contributed by atoms with van der Waals surface area (Å²) in [7, 11) is 0. The van der Waals surface area contributed by atoms with E-state index in [2.05, 4.69) is 17.0 Å². The molecule has 0 aliphatic carbocycles. The maximum absolute atomic E-state index is 13.1. The lowest BCUT2D eigenvalue weighted by Gasteiger charge is -2.34. The Balaban J connectivity index is 1.38. The first-order chi connectivity index (χ1) is 12.7. The average Bonchev–Trinajstić information content (AvgIpc) is 3.39. The Morgan fingerprint density at radius 3 is 2.38 bits per heavy atom. The lowest BCUT2D eigenvalue weighted by atomic mass is 9.94. The lowest BCUT2D eigenvalue weighted by molar-refractivity contribution is -0.137. The normalized spacial score (nSPS) is 21.2. The van der Waals surface area contributed by atoms with Gasteiger partial charge in [-0.15, -0.1) is 0 Å². The summed E-state index contributed by atoms with van der Waals surface area (Å²) in [6.45, 7) is 2.06. The van der Waals surface area contributed by atoms with Crippen LogP contribution in [0.3, 0.4) is 0 Å². The second-order valence-corrected chi connectivity index (χ2v) is 7.14. The van der Waals surface area contributed by atoms with Crippen molar-refractivity contribution >= 4 is 11.8 Å². The van der Waals surface area contributed by atoms with Gasteiger partial charge in [0.15, 0.2) is 5.76 Å². The molecule has 2 amide bonds. The molecule has 2 aliphatic heterocycles. The van der Waals surface area contributed by atoms with Gasteiger partial charge in [0.25, 0.3) is 5.91 Å². The van der Waals surface area contributed by atoms with Gasteiger partial charge >= 0.3 is 0 Å². The summed E-state index contributed by atoms with van der Waals surface area (Å²) in [5.74, 6) is 0.559. The van der Waals surface area contributed by atoms with Crippen LogP contribution in [0.1, 0.15) is 47.8 Å². The zero-order valence-corrected chi connectivity index (χ0v) is 14.8. The van der Waals surface area contributed by atoms with E-state index in [-0.39, 0.29) is 23.8 Å². The number of furan rings is 1. The molecule has 5 nitrogen and oxygen atoms in total. The van der Waals surface area contributed by atoms with Crippen LogP contribution in [0.4, 0.5) is 0 Å². The minimum Gasteiger partial charge on any atom is -0.459 e. The molecular weight excluding hydrogens is 328 g/mol. The van der Waals surface area contributed by atoms with E-state index in [1.54, 1.807) is 17.0 Å². The van der Waals surface area contributed by atoms with E-state index in [0.29, 0.717) is 18.8 Å². The van der Waals surface area contributed by atoms with E-state index in [0.717, 1.165) is 32.2 Å². The third-order valence-electron chi connectivity index (χ3n) is 5.58. The first-order valence-electron chi connectivity index (χ1n) is 9.42. The van der Waals surface area contributed by atoms with Crippen LogP contribution >= 0.6 is 0 Å². The van der Waals surface area contributed by atoms with Gasteiger partial charge in [-0.1, -0.05) is 30.3 Å². The van der Waals surface area contributed by atoms with Crippen LogP contribution < -0.4 is 0 Å². The SMILES string of the molecule is O=C(c1ccco1)N1CCC(C(=O)N2CCC[C@@H]2c2ccccc2)CC1. The van der Waals surface area contributed by atoms with Gasteiger partial charge in [0.2, 0.25) is 5.91 Å². The maximum Gasteiger partial charge on any atom is 0.289 e. The highest BCUT2D eigenvalue weighted by Gasteiger charge is 2.36. The largest absolute Gasteiger partial charge is 0.459 e. The number of hydrogen-bond donors (Lipinski definition) is 0. The molecule has 2 saturated heterocycles. The Morgan fingerprint density at radius 1 is 0.923 bits per heavy atom. The summed E-state index contributed by atoms with van der Waals surface area (Å²) in [6.07, 6.45) is 5.06. The van der Waals surface area contributed by atoms with Crippen molar-refractivity contribution in [3.63, 3.8) is 0 Å². The third-order valence-corrected chi connectivity index (χ3v) is 5.58. The molecule has 5 heteroatoms. The number of rotatable bonds is 3. The number of nitrogens with zero attached hydrogens (tertiary/aromatic N) is 2. The number of likely N-dealkylation sites (tertiary alicyclic amines) is 2. The zero-order valence-electron chi connectivity index (χ0n) is 14.8. The monoisotopic (exact) mass is 352 g/mol. The molecule has 1 aromatic carbocycles. The smallest absolute Gasteiger partial charge is 0.289 e. The summed E-state index contributed by atoms with van der Waals surface area (Å²) in [4.78, 5) is 29.3. The Kier molecular flexibility index (Phi) is 4.78. The van der Waals surface area contributed by atoms with Gasteiger partial charge in [0, 0.05) is 25.6 Å². The van der Waals surface area contributed by atoms with Crippen LogP contribution in [0.15, 0.2) is 53.1 Å². The first-order valence-corrected chi connectivity index (χ1v) is 9.42. The van der Waals surface area contributed by atoms with Gasteiger partial charge in [-0.25, -0.2) is 0 Å². The van der Waals surface area contributed by atoms with Crippen LogP contribution in [0.5, 0.6) is 0 Å². The highest BCUT2D eigenvalue weighted by Crippen LogP contribution is 2.34. The molecule has 1 atom stereocenters. The molecule has 4 rings (SSSR count). The van der Waals surface area contributed by atoms with Gasteiger partial charge in [-0.3, -0.25) is 9.59 Å². The van der Waals surface area contributed by atoms with Crippen LogP contribution in [-0.4, -0.2) is 41.2 Å². The molecule has 0 saturated carbocycles. The Labute approximate surface area is 153 Å². The predicted octanol–water partition coefficient (Wildman–Crippen LogP) is 3.50. The molecule has 3 heterocycles. The summed E-state index contributed by atoms with van der Waals surface area (Å²) in [5.41, 5.74) is 1.23. The van der Waals surface area contributed by atoms with Crippen LogP contribution in [0.2, 0.25) is 0 Å². The molecule has 2 aromatic rings. The zero-order chi connectivity index (χ0) is 17.9. The lowest BCUT2D eigenvalue weighted by Crippen LogP contribution is -2.44. The molecule has 0 spiro atoms. The van der Waals surface area contributed by atoms with E-state index in [4.69, 9.17) is 4.42 Å². The highest BCUT2D eigenvalue weighted by atomic mass is 16.3. The molecule has 136 valence electrons. The van der Waals surface area contributed by atoms with Gasteiger partial charge in [0.1, 0.15) is 0 Å². The van der Waals surface area contributed by atoms with E-state index in [9.17, 15) is 9.59 Å². The van der Waals surface area contributed by atoms with Crippen LogP contribution in [0.25, 0.3) is 0 Å². The maximum atomic E-state index is 13.1. The van der Waals surface area contributed by atoms with Crippen LogP contribution in [0, 0.1) is 5.92 Å². The minimum atomic E-state index is -0.0794. The van der Waals surface area contributed by atoms with E-state index in [1.165, 1.54) is 11.8 Å². The number of amides is 2. The molecular formula is C21H24N2O3. The fourth-order valence-corrected chi connectivity index (χ4v) is 4.17. The molecule has 0 unspecified atom stereocenters. The van der Waals surface area contributed by atoms with E-state index >= 15 is 0 Å². The van der Waals surface area contributed by atoms with Crippen molar-refractivity contribution in [2.24, 2.45) is 5.92 Å². The Hall–Kier alpha value is -2.56. The number of hydrogen-bond acceptors (Lipinski definition) is 3. The predicted molar refractivity (Wildman–Crippen MR) is 97.5 cm³/mol. The molecule has 0 N–H and O–H groups in total. The van der Waals surface area contributed by atoms with Gasteiger partial charge in [-0.2, -0.15) is 0 Å². The second-order valence-electron chi connectivity index (χ2n) is 7.14. The van der Waals surface area contributed by atoms with Crippen molar-refractivity contribution in [3.8, 4) is 0 Å². The standard InChI is InChI=1S/C21H24N2O3/c24-20(23-12-4-8-18(23)16-6-2-1-3-7-16)17-10-13-22(14-11-17)21(25)19-9-5-15-26-19/h1-3,5-7,9,15,17-18H,4,8,10-14H2/t18-/m1/s1. The molecule has 1 aromatic heterocycles. The summed E-state index contributed by atoms with van der Waals surface area (Å²) >= 11 is 0. The highest BCUT2D eigenvalue weighted by molar-refractivity contribution is 5.91. The summed E-state index contributed by atoms with van der Waals surface area (Å²) < 4.78 is 5.20. The Morgan fingerprint density at radius 2 is 1.69 bits per heavy atom. The van der Waals surface area contributed by atoms with Crippen molar-refractivity contribution in [2.45, 2.75) is 31.7 Å².